The summed E-state index contributed by atoms with van der Waals surface area (Å²) in [5.74, 6) is 1.05. The van der Waals surface area contributed by atoms with Gasteiger partial charge in [-0.05, 0) is 73.0 Å². The Balaban J connectivity index is 1.85. The molecule has 0 fully saturated rings. The summed E-state index contributed by atoms with van der Waals surface area (Å²) < 4.78 is 23.0. The number of methoxy groups -OCH3 is 4. The van der Waals surface area contributed by atoms with Gasteiger partial charge >= 0.3 is 0 Å². The number of anilines is 1. The first-order chi connectivity index (χ1) is 19.8. The van der Waals surface area contributed by atoms with Crippen LogP contribution in [0.25, 0.3) is 5.76 Å². The molecular weight excluding hydrogens is 588 g/mol. The van der Waals surface area contributed by atoms with E-state index in [0.717, 1.165) is 15.9 Å². The molecular formula is C32H31BrN2O6. The first-order valence-corrected chi connectivity index (χ1v) is 13.9. The molecule has 0 radical (unpaired) electrons. The predicted molar refractivity (Wildman–Crippen MR) is 162 cm³/mol. The lowest BCUT2D eigenvalue weighted by atomic mass is 9.73. The zero-order valence-electron chi connectivity index (χ0n) is 23.3. The second-order valence-corrected chi connectivity index (χ2v) is 10.6. The lowest BCUT2D eigenvalue weighted by molar-refractivity contribution is -0.116. The summed E-state index contributed by atoms with van der Waals surface area (Å²) in [5, 5.41) is 21.5. The number of nitrogens with one attached hydrogen (secondary N) is 1. The van der Waals surface area contributed by atoms with Gasteiger partial charge in [0.05, 0.1) is 28.4 Å². The van der Waals surface area contributed by atoms with E-state index in [0.29, 0.717) is 64.5 Å². The van der Waals surface area contributed by atoms with Crippen molar-refractivity contribution in [3.05, 3.63) is 93.1 Å². The minimum atomic E-state index is -0.760. The Bertz CT molecular complexity index is 1550. The Morgan fingerprint density at radius 1 is 0.927 bits per heavy atom. The average molecular weight is 620 g/mol. The van der Waals surface area contributed by atoms with Crippen molar-refractivity contribution in [2.24, 2.45) is 0 Å². The summed E-state index contributed by atoms with van der Waals surface area (Å²) in [4.78, 5) is 15.6. The maximum atomic E-state index is 13.8. The van der Waals surface area contributed by atoms with Gasteiger partial charge in [-0.1, -0.05) is 22.0 Å². The number of nitrogens with zero attached hydrogens (tertiary/aromatic N) is 1. The van der Waals surface area contributed by atoms with Crippen LogP contribution in [0.3, 0.4) is 0 Å². The minimum Gasteiger partial charge on any atom is -0.507 e. The molecule has 0 spiro atoms. The SMILES string of the molecule is COc1ccc(/C(O)=C2\C(=N)N(c3cccc(Br)c3)C3=C(C(=O)CCC3)C2c2cc(OC)c(OC)c(OC)c2)cc1. The Morgan fingerprint density at radius 2 is 1.61 bits per heavy atom. The molecule has 1 atom stereocenters. The fourth-order valence-corrected chi connectivity index (χ4v) is 5.98. The summed E-state index contributed by atoms with van der Waals surface area (Å²) >= 11 is 3.54. The molecule has 5 rings (SSSR count). The number of halogens is 1. The van der Waals surface area contributed by atoms with E-state index in [1.54, 1.807) is 48.4 Å². The van der Waals surface area contributed by atoms with Gasteiger partial charge in [-0.3, -0.25) is 15.1 Å². The van der Waals surface area contributed by atoms with Crippen LogP contribution in [0.5, 0.6) is 23.0 Å². The number of amidine groups is 1. The largest absolute Gasteiger partial charge is 0.507 e. The maximum Gasteiger partial charge on any atom is 0.203 e. The smallest absolute Gasteiger partial charge is 0.203 e. The first-order valence-electron chi connectivity index (χ1n) is 13.1. The number of carbonyl (C=O) groups is 1. The molecule has 9 heteroatoms. The maximum absolute atomic E-state index is 13.8. The van der Waals surface area contributed by atoms with Crippen molar-refractivity contribution >= 4 is 39.0 Å². The number of aliphatic hydroxyl groups excluding tert-OH is 1. The van der Waals surface area contributed by atoms with E-state index in [2.05, 4.69) is 15.9 Å². The standard InChI is InChI=1S/C32H31BrN2O6/c1-38-22-13-11-18(12-14-22)30(37)29-27(19-15-25(39-2)31(41-4)26(16-19)40-3)28-23(9-6-10-24(28)36)35(32(29)34)21-8-5-7-20(33)17-21/h5,7-8,11-17,27,34,37H,6,9-10H2,1-4H3/b30-29+,34-32?. The van der Waals surface area contributed by atoms with E-state index in [9.17, 15) is 15.3 Å². The zero-order valence-corrected chi connectivity index (χ0v) is 24.9. The van der Waals surface area contributed by atoms with Crippen LogP contribution in [0.1, 0.15) is 36.3 Å². The van der Waals surface area contributed by atoms with Gasteiger partial charge in [-0.15, -0.1) is 0 Å². The van der Waals surface area contributed by atoms with Gasteiger partial charge in [-0.2, -0.15) is 0 Å². The Morgan fingerprint density at radius 3 is 2.20 bits per heavy atom. The molecule has 0 saturated heterocycles. The topological polar surface area (TPSA) is 101 Å². The van der Waals surface area contributed by atoms with Gasteiger partial charge in [0, 0.05) is 44.9 Å². The van der Waals surface area contributed by atoms with Crippen molar-refractivity contribution in [2.45, 2.75) is 25.2 Å². The van der Waals surface area contributed by atoms with Gasteiger partial charge in [0.25, 0.3) is 0 Å². The van der Waals surface area contributed by atoms with E-state index < -0.39 is 5.92 Å². The molecule has 0 bridgehead atoms. The first kappa shape index (κ1) is 28.3. The molecule has 41 heavy (non-hydrogen) atoms. The molecule has 0 amide bonds. The number of carbonyl (C=O) groups excluding carboxylic acids is 1. The average Bonchev–Trinajstić information content (AvgIpc) is 2.99. The van der Waals surface area contributed by atoms with Crippen LogP contribution in [0.15, 0.2) is 82.0 Å². The lowest BCUT2D eigenvalue weighted by Gasteiger charge is -2.42. The lowest BCUT2D eigenvalue weighted by Crippen LogP contribution is -2.42. The van der Waals surface area contributed by atoms with Crippen molar-refractivity contribution in [1.82, 2.24) is 0 Å². The molecule has 8 nitrogen and oxygen atoms in total. The van der Waals surface area contributed by atoms with Crippen molar-refractivity contribution < 1.29 is 28.8 Å². The van der Waals surface area contributed by atoms with Crippen LogP contribution in [0, 0.1) is 5.41 Å². The third-order valence-electron chi connectivity index (χ3n) is 7.46. The second kappa shape index (κ2) is 11.7. The molecule has 1 unspecified atom stereocenters. The molecule has 1 heterocycles. The van der Waals surface area contributed by atoms with Gasteiger partial charge < -0.3 is 24.1 Å². The molecule has 3 aromatic carbocycles. The van der Waals surface area contributed by atoms with E-state index in [1.807, 2.05) is 24.3 Å². The number of hydrogen-bond acceptors (Lipinski definition) is 7. The van der Waals surface area contributed by atoms with E-state index in [-0.39, 0.29) is 17.4 Å². The summed E-state index contributed by atoms with van der Waals surface area (Å²) in [5.41, 5.74) is 3.42. The highest BCUT2D eigenvalue weighted by atomic mass is 79.9. The van der Waals surface area contributed by atoms with E-state index in [4.69, 9.17) is 18.9 Å². The molecule has 0 aromatic heterocycles. The number of aliphatic hydroxyl groups is 1. The number of rotatable bonds is 7. The Hall–Kier alpha value is -4.24. The third kappa shape index (κ3) is 5.06. The number of benzene rings is 3. The second-order valence-electron chi connectivity index (χ2n) is 9.68. The summed E-state index contributed by atoms with van der Waals surface area (Å²) in [6.07, 6.45) is 1.64. The summed E-state index contributed by atoms with van der Waals surface area (Å²) in [7, 11) is 6.16. The van der Waals surface area contributed by atoms with Gasteiger partial charge in [-0.25, -0.2) is 0 Å². The van der Waals surface area contributed by atoms with Gasteiger partial charge in [0.1, 0.15) is 17.3 Å². The number of ketones is 1. The Kier molecular flexibility index (Phi) is 8.08. The number of Topliss-reactive ketones (excluding diaryl/α,β-unsaturated/α-hetero) is 1. The monoisotopic (exact) mass is 618 g/mol. The Labute approximate surface area is 247 Å². The number of allylic oxidation sites excluding steroid dienone is 2. The highest BCUT2D eigenvalue weighted by molar-refractivity contribution is 9.10. The van der Waals surface area contributed by atoms with Crippen LogP contribution in [0.2, 0.25) is 0 Å². The van der Waals surface area contributed by atoms with Crippen LogP contribution >= 0.6 is 15.9 Å². The van der Waals surface area contributed by atoms with Crippen LogP contribution in [0.4, 0.5) is 5.69 Å². The highest BCUT2D eigenvalue weighted by Crippen LogP contribution is 2.50. The zero-order chi connectivity index (χ0) is 29.3. The van der Waals surface area contributed by atoms with Crippen molar-refractivity contribution in [3.8, 4) is 23.0 Å². The van der Waals surface area contributed by atoms with Crippen molar-refractivity contribution in [2.75, 3.05) is 33.3 Å². The van der Waals surface area contributed by atoms with Gasteiger partial charge in [0.15, 0.2) is 17.3 Å². The third-order valence-corrected chi connectivity index (χ3v) is 7.95. The molecule has 2 aliphatic rings. The summed E-state index contributed by atoms with van der Waals surface area (Å²) in [6, 6.07) is 18.1. The number of hydrogen-bond donors (Lipinski definition) is 2. The van der Waals surface area contributed by atoms with Crippen LogP contribution in [-0.2, 0) is 4.79 Å². The molecule has 3 aromatic rings. The van der Waals surface area contributed by atoms with Crippen LogP contribution < -0.4 is 23.8 Å². The molecule has 212 valence electrons. The highest BCUT2D eigenvalue weighted by Gasteiger charge is 2.43. The number of ether oxygens (including phenoxy) is 4. The van der Waals surface area contributed by atoms with E-state index >= 15 is 0 Å². The molecule has 2 N–H and O–H groups in total. The normalized spacial score (nSPS) is 18.2. The molecule has 0 saturated carbocycles. The fourth-order valence-electron chi connectivity index (χ4n) is 5.60. The van der Waals surface area contributed by atoms with Gasteiger partial charge in [0.2, 0.25) is 5.75 Å². The minimum absolute atomic E-state index is 0.0301. The van der Waals surface area contributed by atoms with Crippen molar-refractivity contribution in [1.29, 1.82) is 5.41 Å². The predicted octanol–water partition coefficient (Wildman–Crippen LogP) is 7.04. The fraction of sp³-hybridized carbons (Fsp3) is 0.250. The quantitative estimate of drug-likeness (QED) is 0.274. The van der Waals surface area contributed by atoms with Crippen LogP contribution in [-0.4, -0.2) is 45.2 Å². The molecule has 1 aliphatic carbocycles. The summed E-state index contributed by atoms with van der Waals surface area (Å²) in [6.45, 7) is 0. The molecule has 1 aliphatic heterocycles. The van der Waals surface area contributed by atoms with E-state index in [1.165, 1.54) is 21.3 Å². The van der Waals surface area contributed by atoms with Crippen molar-refractivity contribution in [3.63, 3.8) is 0 Å².